The molecule has 0 radical (unpaired) electrons. The van der Waals surface area contributed by atoms with Crippen LogP contribution in [0.3, 0.4) is 0 Å². The molecule has 5 rings (SSSR count). The Morgan fingerprint density at radius 3 is 2.47 bits per heavy atom. The first-order chi connectivity index (χ1) is 15.3. The van der Waals surface area contributed by atoms with E-state index >= 15 is 0 Å². The van der Waals surface area contributed by atoms with Crippen LogP contribution in [0.4, 0.5) is 13.2 Å². The Morgan fingerprint density at radius 1 is 1.03 bits per heavy atom. The zero-order valence-electron chi connectivity index (χ0n) is 17.0. The Hall–Kier alpha value is -3.07. The molecule has 2 aromatic carbocycles. The van der Waals surface area contributed by atoms with Gasteiger partial charge in [-0.05, 0) is 30.5 Å². The number of nitrogens with one attached hydrogen (secondary N) is 3. The van der Waals surface area contributed by atoms with E-state index in [-0.39, 0.29) is 12.8 Å². The molecule has 6 nitrogen and oxygen atoms in total. The standard InChI is InChI=1S/C23H22F3N3O3/c24-23(25,26)19-8-7-16(21(30)28-19)22(31)29-20-14-3-1-2-4-17(14)32-18-9-12(5-6-15(18)20)13-10-27-11-13/h1-6,9,13,16,19-20,27H,7-8,10-11H2,(H,28,30)(H,29,31). The number of hydrogen-bond acceptors (Lipinski definition) is 4. The van der Waals surface area contributed by atoms with Crippen molar-refractivity contribution < 1.29 is 27.5 Å². The molecule has 3 atom stereocenters. The molecule has 3 unspecified atom stereocenters. The molecule has 2 saturated heterocycles. The fraction of sp³-hybridized carbons (Fsp3) is 0.391. The molecular weight excluding hydrogens is 423 g/mol. The van der Waals surface area contributed by atoms with Gasteiger partial charge in [0, 0.05) is 30.1 Å². The maximum Gasteiger partial charge on any atom is 0.408 e. The molecule has 168 valence electrons. The van der Waals surface area contributed by atoms with Crippen molar-refractivity contribution in [2.75, 3.05) is 13.1 Å². The van der Waals surface area contributed by atoms with E-state index in [4.69, 9.17) is 4.74 Å². The highest BCUT2D eigenvalue weighted by atomic mass is 19.4. The van der Waals surface area contributed by atoms with E-state index in [1.165, 1.54) is 0 Å². The molecule has 0 saturated carbocycles. The van der Waals surface area contributed by atoms with Gasteiger partial charge in [-0.15, -0.1) is 0 Å². The Morgan fingerprint density at radius 2 is 1.78 bits per heavy atom. The van der Waals surface area contributed by atoms with Crippen molar-refractivity contribution >= 4 is 11.8 Å². The predicted molar refractivity (Wildman–Crippen MR) is 109 cm³/mol. The third-order valence-corrected chi connectivity index (χ3v) is 6.43. The summed E-state index contributed by atoms with van der Waals surface area (Å²) in [7, 11) is 0. The van der Waals surface area contributed by atoms with Crippen LogP contribution in [-0.2, 0) is 9.59 Å². The van der Waals surface area contributed by atoms with Crippen LogP contribution in [0, 0.1) is 5.92 Å². The quantitative estimate of drug-likeness (QED) is 0.635. The second kappa shape index (κ2) is 7.81. The molecule has 0 bridgehead atoms. The number of hydrogen-bond donors (Lipinski definition) is 3. The van der Waals surface area contributed by atoms with Crippen molar-refractivity contribution in [1.29, 1.82) is 0 Å². The average molecular weight is 445 g/mol. The number of para-hydroxylation sites is 1. The summed E-state index contributed by atoms with van der Waals surface area (Å²) in [6.07, 6.45) is -5.01. The highest BCUT2D eigenvalue weighted by Gasteiger charge is 2.46. The number of carbonyl (C=O) groups is 2. The van der Waals surface area contributed by atoms with Crippen LogP contribution in [0.5, 0.6) is 11.5 Å². The number of ether oxygens (including phenoxy) is 1. The molecule has 0 spiro atoms. The van der Waals surface area contributed by atoms with Crippen LogP contribution in [0.25, 0.3) is 0 Å². The van der Waals surface area contributed by atoms with Crippen molar-refractivity contribution in [2.45, 2.75) is 37.0 Å². The van der Waals surface area contributed by atoms with Crippen LogP contribution >= 0.6 is 0 Å². The summed E-state index contributed by atoms with van der Waals surface area (Å²) in [5.74, 6) is -1.04. The average Bonchev–Trinajstić information content (AvgIpc) is 2.71. The van der Waals surface area contributed by atoms with Gasteiger partial charge in [0.2, 0.25) is 11.8 Å². The molecule has 2 amide bonds. The number of piperidine rings is 1. The van der Waals surface area contributed by atoms with Crippen molar-refractivity contribution in [3.8, 4) is 11.5 Å². The minimum Gasteiger partial charge on any atom is -0.457 e. The zero-order valence-corrected chi connectivity index (χ0v) is 17.0. The van der Waals surface area contributed by atoms with E-state index in [0.29, 0.717) is 17.4 Å². The second-order valence-electron chi connectivity index (χ2n) is 8.47. The molecule has 3 N–H and O–H groups in total. The lowest BCUT2D eigenvalue weighted by Crippen LogP contribution is -2.54. The van der Waals surface area contributed by atoms with Gasteiger partial charge in [-0.1, -0.05) is 30.3 Å². The summed E-state index contributed by atoms with van der Waals surface area (Å²) in [6.45, 7) is 1.79. The molecule has 0 aromatic heterocycles. The summed E-state index contributed by atoms with van der Waals surface area (Å²) in [5.41, 5.74) is 2.62. The number of amides is 2. The Labute approximate surface area is 182 Å². The summed E-state index contributed by atoms with van der Waals surface area (Å²) in [6, 6.07) is 10.7. The largest absolute Gasteiger partial charge is 0.457 e. The van der Waals surface area contributed by atoms with E-state index in [2.05, 4.69) is 10.6 Å². The van der Waals surface area contributed by atoms with Gasteiger partial charge >= 0.3 is 6.18 Å². The van der Waals surface area contributed by atoms with E-state index in [9.17, 15) is 22.8 Å². The maximum absolute atomic E-state index is 13.0. The minimum atomic E-state index is -4.52. The zero-order chi connectivity index (χ0) is 22.5. The summed E-state index contributed by atoms with van der Waals surface area (Å²) in [4.78, 5) is 25.3. The third-order valence-electron chi connectivity index (χ3n) is 6.43. The first kappa shape index (κ1) is 20.8. The van der Waals surface area contributed by atoms with Crippen molar-refractivity contribution in [2.24, 2.45) is 5.92 Å². The van der Waals surface area contributed by atoms with E-state index < -0.39 is 36.0 Å². The number of halogens is 3. The molecular formula is C23H22F3N3O3. The fourth-order valence-electron chi connectivity index (χ4n) is 4.46. The summed E-state index contributed by atoms with van der Waals surface area (Å²) in [5, 5.41) is 8.07. The lowest BCUT2D eigenvalue weighted by Gasteiger charge is -2.33. The lowest BCUT2D eigenvalue weighted by atomic mass is 9.88. The van der Waals surface area contributed by atoms with Gasteiger partial charge in [-0.25, -0.2) is 0 Å². The van der Waals surface area contributed by atoms with Crippen molar-refractivity contribution in [3.05, 3.63) is 59.2 Å². The first-order valence-electron chi connectivity index (χ1n) is 10.6. The van der Waals surface area contributed by atoms with Gasteiger partial charge < -0.3 is 20.7 Å². The Kier molecular flexibility index (Phi) is 5.08. The molecule has 3 heterocycles. The van der Waals surface area contributed by atoms with Crippen LogP contribution in [0.15, 0.2) is 42.5 Å². The molecule has 3 aliphatic rings. The summed E-state index contributed by atoms with van der Waals surface area (Å²) < 4.78 is 44.9. The maximum atomic E-state index is 13.0. The molecule has 2 aromatic rings. The number of benzene rings is 2. The molecule has 0 aliphatic carbocycles. The van der Waals surface area contributed by atoms with E-state index in [1.807, 2.05) is 41.7 Å². The van der Waals surface area contributed by atoms with Crippen LogP contribution in [-0.4, -0.2) is 37.1 Å². The van der Waals surface area contributed by atoms with Gasteiger partial charge in [0.1, 0.15) is 23.5 Å². The predicted octanol–water partition coefficient (Wildman–Crippen LogP) is 3.14. The van der Waals surface area contributed by atoms with Crippen LogP contribution in [0.1, 0.15) is 41.5 Å². The number of alkyl halides is 3. The van der Waals surface area contributed by atoms with Gasteiger partial charge in [0.05, 0.1) is 6.04 Å². The van der Waals surface area contributed by atoms with Gasteiger partial charge in [-0.2, -0.15) is 13.2 Å². The van der Waals surface area contributed by atoms with Crippen molar-refractivity contribution in [1.82, 2.24) is 16.0 Å². The van der Waals surface area contributed by atoms with Gasteiger partial charge in [0.15, 0.2) is 0 Å². The monoisotopic (exact) mass is 445 g/mol. The highest BCUT2D eigenvalue weighted by Crippen LogP contribution is 2.44. The second-order valence-corrected chi connectivity index (χ2v) is 8.47. The third kappa shape index (κ3) is 3.70. The van der Waals surface area contributed by atoms with Crippen LogP contribution in [0.2, 0.25) is 0 Å². The molecule has 2 fully saturated rings. The topological polar surface area (TPSA) is 79.5 Å². The normalized spacial score (nSPS) is 25.0. The number of rotatable bonds is 3. The molecule has 3 aliphatic heterocycles. The number of carbonyl (C=O) groups excluding carboxylic acids is 2. The Balaban J connectivity index is 1.40. The lowest BCUT2D eigenvalue weighted by molar-refractivity contribution is -0.171. The number of fused-ring (bicyclic) bond motifs is 2. The Bertz CT molecular complexity index is 1070. The van der Waals surface area contributed by atoms with Gasteiger partial charge in [-0.3, -0.25) is 9.59 Å². The smallest absolute Gasteiger partial charge is 0.408 e. The molecule has 32 heavy (non-hydrogen) atoms. The molecule has 9 heteroatoms. The fourth-order valence-corrected chi connectivity index (χ4v) is 4.46. The summed E-state index contributed by atoms with van der Waals surface area (Å²) >= 11 is 0. The minimum absolute atomic E-state index is 0.160. The van der Waals surface area contributed by atoms with Crippen LogP contribution < -0.4 is 20.7 Å². The van der Waals surface area contributed by atoms with Gasteiger partial charge in [0.25, 0.3) is 0 Å². The van der Waals surface area contributed by atoms with Crippen molar-refractivity contribution in [3.63, 3.8) is 0 Å². The van der Waals surface area contributed by atoms with E-state index in [0.717, 1.165) is 29.8 Å². The first-order valence-corrected chi connectivity index (χ1v) is 10.6. The highest BCUT2D eigenvalue weighted by molar-refractivity contribution is 6.01. The SMILES string of the molecule is O=C(NC1c2ccccc2Oc2cc(C3CNC3)ccc21)C1CCC(C(F)(F)F)NC1=O. The van der Waals surface area contributed by atoms with E-state index in [1.54, 1.807) is 6.07 Å².